The van der Waals surface area contributed by atoms with Crippen LogP contribution in [0.15, 0.2) is 67.0 Å². The molecule has 3 aromatic rings. The predicted molar refractivity (Wildman–Crippen MR) is 112 cm³/mol. The van der Waals surface area contributed by atoms with Gasteiger partial charge in [-0.05, 0) is 35.7 Å². The van der Waals surface area contributed by atoms with E-state index in [1.165, 1.54) is 23.3 Å². The van der Waals surface area contributed by atoms with Gasteiger partial charge in [0.2, 0.25) is 0 Å². The second-order valence-corrected chi connectivity index (χ2v) is 7.38. The van der Waals surface area contributed by atoms with Crippen LogP contribution in [-0.2, 0) is 13.1 Å². The van der Waals surface area contributed by atoms with E-state index in [-0.39, 0.29) is 18.2 Å². The van der Waals surface area contributed by atoms with E-state index in [1.54, 1.807) is 12.1 Å². The van der Waals surface area contributed by atoms with E-state index in [0.29, 0.717) is 24.9 Å². The van der Waals surface area contributed by atoms with Gasteiger partial charge in [-0.1, -0.05) is 42.5 Å². The van der Waals surface area contributed by atoms with E-state index in [4.69, 9.17) is 5.73 Å². The quantitative estimate of drug-likeness (QED) is 0.686. The Hall–Kier alpha value is -2.21. The van der Waals surface area contributed by atoms with E-state index < -0.39 is 0 Å². The zero-order valence-electron chi connectivity index (χ0n) is 15.7. The number of aromatic nitrogens is 2. The smallest absolute Gasteiger partial charge is 0.123 e. The van der Waals surface area contributed by atoms with Crippen LogP contribution in [0.4, 0.5) is 4.39 Å². The van der Waals surface area contributed by atoms with Crippen LogP contribution in [0.3, 0.4) is 0 Å². The molecule has 28 heavy (non-hydrogen) atoms. The molecule has 0 radical (unpaired) electrons. The summed E-state index contributed by atoms with van der Waals surface area (Å²) < 4.78 is 14.9. The molecule has 148 valence electrons. The van der Waals surface area contributed by atoms with Crippen LogP contribution < -0.4 is 5.73 Å². The highest BCUT2D eigenvalue weighted by atomic mass is 35.5. The van der Waals surface area contributed by atoms with Crippen LogP contribution in [0.1, 0.15) is 22.6 Å². The lowest BCUT2D eigenvalue weighted by Crippen LogP contribution is -2.23. The highest BCUT2D eigenvalue weighted by molar-refractivity contribution is 5.85. The van der Waals surface area contributed by atoms with Crippen LogP contribution in [0.5, 0.6) is 0 Å². The summed E-state index contributed by atoms with van der Waals surface area (Å²) in [5.41, 5.74) is 9.66. The van der Waals surface area contributed by atoms with Gasteiger partial charge in [-0.25, -0.2) is 4.39 Å². The van der Waals surface area contributed by atoms with Gasteiger partial charge in [0.05, 0.1) is 12.7 Å². The van der Waals surface area contributed by atoms with Crippen molar-refractivity contribution in [3.8, 4) is 0 Å². The molecule has 2 heterocycles. The third kappa shape index (κ3) is 4.79. The molecular formula is C22H26ClFN4. The Morgan fingerprint density at radius 1 is 0.964 bits per heavy atom. The number of hydrogen-bond donors (Lipinski definition) is 1. The van der Waals surface area contributed by atoms with E-state index >= 15 is 0 Å². The highest BCUT2D eigenvalue weighted by Crippen LogP contribution is 2.32. The number of halogens is 2. The molecule has 1 fully saturated rings. The number of rotatable bonds is 6. The van der Waals surface area contributed by atoms with Crippen LogP contribution in [0.25, 0.3) is 0 Å². The first-order valence-corrected chi connectivity index (χ1v) is 9.44. The van der Waals surface area contributed by atoms with Crippen molar-refractivity contribution in [2.75, 3.05) is 19.6 Å². The molecule has 1 aromatic heterocycles. The second kappa shape index (κ2) is 9.32. The first-order valence-electron chi connectivity index (χ1n) is 9.44. The predicted octanol–water partition coefficient (Wildman–Crippen LogP) is 3.67. The van der Waals surface area contributed by atoms with Crippen LogP contribution in [0, 0.1) is 11.7 Å². The fraction of sp³-hybridized carbons (Fsp3) is 0.318. The summed E-state index contributed by atoms with van der Waals surface area (Å²) in [5.74, 6) is 0.767. The summed E-state index contributed by atoms with van der Waals surface area (Å²) in [7, 11) is 0. The Bertz CT molecular complexity index is 866. The molecule has 0 bridgehead atoms. The average Bonchev–Trinajstić information content (AvgIpc) is 3.31. The van der Waals surface area contributed by atoms with Gasteiger partial charge in [-0.2, -0.15) is 5.10 Å². The number of nitrogens with zero attached hydrogens (tertiary/aromatic N) is 3. The minimum atomic E-state index is -0.212. The van der Waals surface area contributed by atoms with E-state index in [9.17, 15) is 4.39 Å². The molecule has 0 spiro atoms. The molecule has 2 aromatic carbocycles. The molecule has 1 aliphatic rings. The van der Waals surface area contributed by atoms with Gasteiger partial charge in [0, 0.05) is 37.3 Å². The van der Waals surface area contributed by atoms with Gasteiger partial charge in [-0.15, -0.1) is 12.4 Å². The van der Waals surface area contributed by atoms with Crippen molar-refractivity contribution < 1.29 is 4.39 Å². The summed E-state index contributed by atoms with van der Waals surface area (Å²) in [6.45, 7) is 4.27. The zero-order chi connectivity index (χ0) is 18.6. The van der Waals surface area contributed by atoms with E-state index in [2.05, 4.69) is 46.5 Å². The minimum absolute atomic E-state index is 0. The largest absolute Gasteiger partial charge is 0.330 e. The van der Waals surface area contributed by atoms with Crippen molar-refractivity contribution in [2.45, 2.75) is 19.0 Å². The standard InChI is InChI=1S/C22H25FN4.ClH/c23-21-8-6-17(7-9-21)13-27-14-18(11-25-27)12-26-15-20(10-24)22(16-26)19-4-2-1-3-5-19;/h1-9,11,14,20,22H,10,12-13,15-16,24H2;1H/t20-,22+;/m1./s1. The molecule has 4 rings (SSSR count). The van der Waals surface area contributed by atoms with Gasteiger partial charge >= 0.3 is 0 Å². The normalized spacial score (nSPS) is 19.5. The van der Waals surface area contributed by atoms with E-state index in [0.717, 1.165) is 25.2 Å². The third-order valence-electron chi connectivity index (χ3n) is 5.40. The lowest BCUT2D eigenvalue weighted by Gasteiger charge is -2.16. The maximum atomic E-state index is 13.0. The molecular weight excluding hydrogens is 375 g/mol. The fourth-order valence-corrected chi connectivity index (χ4v) is 4.02. The number of nitrogens with two attached hydrogens (primary N) is 1. The zero-order valence-corrected chi connectivity index (χ0v) is 16.6. The van der Waals surface area contributed by atoms with E-state index in [1.807, 2.05) is 10.9 Å². The molecule has 1 aliphatic heterocycles. The molecule has 4 nitrogen and oxygen atoms in total. The average molecular weight is 401 g/mol. The van der Waals surface area contributed by atoms with Crippen LogP contribution in [-0.4, -0.2) is 34.3 Å². The van der Waals surface area contributed by atoms with Crippen molar-refractivity contribution in [1.82, 2.24) is 14.7 Å². The molecule has 0 amide bonds. The minimum Gasteiger partial charge on any atom is -0.330 e. The summed E-state index contributed by atoms with van der Waals surface area (Å²) >= 11 is 0. The van der Waals surface area contributed by atoms with Crippen molar-refractivity contribution in [2.24, 2.45) is 11.7 Å². The molecule has 0 saturated carbocycles. The van der Waals surface area contributed by atoms with Crippen molar-refractivity contribution in [3.05, 3.63) is 89.5 Å². The second-order valence-electron chi connectivity index (χ2n) is 7.38. The van der Waals surface area contributed by atoms with Crippen molar-refractivity contribution in [1.29, 1.82) is 0 Å². The monoisotopic (exact) mass is 400 g/mol. The maximum absolute atomic E-state index is 13.0. The number of benzene rings is 2. The van der Waals surface area contributed by atoms with Gasteiger partial charge in [-0.3, -0.25) is 9.58 Å². The first-order chi connectivity index (χ1) is 13.2. The first kappa shape index (κ1) is 20.5. The van der Waals surface area contributed by atoms with Gasteiger partial charge < -0.3 is 5.73 Å². The SMILES string of the molecule is Cl.NC[C@@H]1CN(Cc2cnn(Cc3ccc(F)cc3)c2)C[C@H]1c1ccccc1. The number of likely N-dealkylation sites (tertiary alicyclic amines) is 1. The topological polar surface area (TPSA) is 47.1 Å². The summed E-state index contributed by atoms with van der Waals surface area (Å²) in [6, 6.07) is 17.2. The molecule has 0 aliphatic carbocycles. The Balaban J connectivity index is 0.00000225. The summed E-state index contributed by atoms with van der Waals surface area (Å²) in [5, 5.41) is 4.46. The van der Waals surface area contributed by atoms with Crippen LogP contribution in [0.2, 0.25) is 0 Å². The Morgan fingerprint density at radius 2 is 1.71 bits per heavy atom. The highest BCUT2D eigenvalue weighted by Gasteiger charge is 2.32. The molecule has 1 saturated heterocycles. The van der Waals surface area contributed by atoms with Gasteiger partial charge in [0.1, 0.15) is 5.82 Å². The number of hydrogen-bond acceptors (Lipinski definition) is 3. The van der Waals surface area contributed by atoms with Gasteiger partial charge in [0.15, 0.2) is 0 Å². The molecule has 2 atom stereocenters. The summed E-state index contributed by atoms with van der Waals surface area (Å²) in [4.78, 5) is 2.47. The van der Waals surface area contributed by atoms with Crippen LogP contribution >= 0.6 is 12.4 Å². The maximum Gasteiger partial charge on any atom is 0.123 e. The summed E-state index contributed by atoms with van der Waals surface area (Å²) in [6.07, 6.45) is 4.01. The third-order valence-corrected chi connectivity index (χ3v) is 5.40. The Labute approximate surface area is 171 Å². The fourth-order valence-electron chi connectivity index (χ4n) is 4.02. The van der Waals surface area contributed by atoms with Crippen molar-refractivity contribution in [3.63, 3.8) is 0 Å². The molecule has 2 N–H and O–H groups in total. The van der Waals surface area contributed by atoms with Crippen molar-refractivity contribution >= 4 is 12.4 Å². The Kier molecular flexibility index (Phi) is 6.83. The lowest BCUT2D eigenvalue weighted by molar-refractivity contribution is 0.317. The molecule has 6 heteroatoms. The van der Waals surface area contributed by atoms with Gasteiger partial charge in [0.25, 0.3) is 0 Å². The molecule has 0 unspecified atom stereocenters. The lowest BCUT2D eigenvalue weighted by atomic mass is 9.89. The Morgan fingerprint density at radius 3 is 2.43 bits per heavy atom.